The van der Waals surface area contributed by atoms with Gasteiger partial charge >= 0.3 is 5.97 Å². The number of anilines is 1. The molecule has 160 valence electrons. The summed E-state index contributed by atoms with van der Waals surface area (Å²) in [6.45, 7) is 4.54. The number of esters is 1. The van der Waals surface area contributed by atoms with Gasteiger partial charge in [0.1, 0.15) is 0 Å². The molecule has 31 heavy (non-hydrogen) atoms. The van der Waals surface area contributed by atoms with Gasteiger partial charge in [-0.05, 0) is 67.1 Å². The molecule has 4 rings (SSSR count). The molecule has 1 aliphatic heterocycles. The van der Waals surface area contributed by atoms with E-state index in [1.54, 1.807) is 47.4 Å². The van der Waals surface area contributed by atoms with E-state index in [2.05, 4.69) is 5.32 Å². The SMILES string of the molecule is Cc1ccc(C(=O)OC(C)C(=O)N2CCc3sccc3C2)cc1NC(=O)c1ccco1. The number of thiophene rings is 1. The van der Waals surface area contributed by atoms with Crippen molar-refractivity contribution in [2.45, 2.75) is 32.9 Å². The van der Waals surface area contributed by atoms with Crippen LogP contribution in [0.5, 0.6) is 0 Å². The van der Waals surface area contributed by atoms with Crippen LogP contribution in [0.3, 0.4) is 0 Å². The highest BCUT2D eigenvalue weighted by molar-refractivity contribution is 7.10. The monoisotopic (exact) mass is 438 g/mol. The summed E-state index contributed by atoms with van der Waals surface area (Å²) in [6, 6.07) is 10.1. The summed E-state index contributed by atoms with van der Waals surface area (Å²) in [5.41, 5.74) is 2.65. The number of carbonyl (C=O) groups excluding carboxylic acids is 3. The van der Waals surface area contributed by atoms with E-state index in [0.29, 0.717) is 18.8 Å². The molecule has 0 bridgehead atoms. The Balaban J connectivity index is 1.41. The van der Waals surface area contributed by atoms with Gasteiger partial charge < -0.3 is 19.4 Å². The van der Waals surface area contributed by atoms with Crippen molar-refractivity contribution in [2.24, 2.45) is 0 Å². The van der Waals surface area contributed by atoms with Gasteiger partial charge in [0, 0.05) is 23.7 Å². The summed E-state index contributed by atoms with van der Waals surface area (Å²) in [4.78, 5) is 40.7. The number of nitrogens with one attached hydrogen (secondary N) is 1. The molecule has 0 radical (unpaired) electrons. The molecule has 1 unspecified atom stereocenters. The van der Waals surface area contributed by atoms with Crippen molar-refractivity contribution in [1.29, 1.82) is 0 Å². The molecule has 1 N–H and O–H groups in total. The van der Waals surface area contributed by atoms with E-state index < -0.39 is 18.0 Å². The largest absolute Gasteiger partial charge is 0.459 e. The fourth-order valence-electron chi connectivity index (χ4n) is 3.45. The van der Waals surface area contributed by atoms with Gasteiger partial charge in [0.2, 0.25) is 0 Å². The molecular weight excluding hydrogens is 416 g/mol. The van der Waals surface area contributed by atoms with E-state index in [1.165, 1.54) is 17.2 Å². The van der Waals surface area contributed by atoms with Crippen molar-refractivity contribution in [2.75, 3.05) is 11.9 Å². The van der Waals surface area contributed by atoms with E-state index in [1.807, 2.05) is 18.4 Å². The number of rotatable bonds is 5. The number of fused-ring (bicyclic) bond motifs is 1. The van der Waals surface area contributed by atoms with Crippen LogP contribution >= 0.6 is 11.3 Å². The first-order chi connectivity index (χ1) is 14.9. The van der Waals surface area contributed by atoms with Crippen molar-refractivity contribution >= 4 is 34.8 Å². The smallest absolute Gasteiger partial charge is 0.338 e. The summed E-state index contributed by atoms with van der Waals surface area (Å²) >= 11 is 1.70. The maximum atomic E-state index is 12.8. The Morgan fingerprint density at radius 1 is 1.23 bits per heavy atom. The molecule has 0 aliphatic carbocycles. The van der Waals surface area contributed by atoms with Crippen molar-refractivity contribution in [3.05, 3.63) is 75.4 Å². The molecule has 7 nitrogen and oxygen atoms in total. The number of furan rings is 1. The zero-order valence-electron chi connectivity index (χ0n) is 17.2. The molecule has 8 heteroatoms. The van der Waals surface area contributed by atoms with Crippen LogP contribution in [0.1, 0.15) is 43.8 Å². The molecule has 0 spiro atoms. The Labute approximate surface area is 183 Å². The number of nitrogens with zero attached hydrogens (tertiary/aromatic N) is 1. The lowest BCUT2D eigenvalue weighted by atomic mass is 10.1. The third kappa shape index (κ3) is 4.54. The molecule has 2 amide bonds. The maximum absolute atomic E-state index is 12.8. The molecule has 0 saturated carbocycles. The first kappa shape index (κ1) is 20.9. The number of ether oxygens (including phenoxy) is 1. The topological polar surface area (TPSA) is 88.9 Å². The van der Waals surface area contributed by atoms with Crippen LogP contribution in [0, 0.1) is 6.92 Å². The van der Waals surface area contributed by atoms with Gasteiger partial charge in [-0.15, -0.1) is 11.3 Å². The lowest BCUT2D eigenvalue weighted by Crippen LogP contribution is -2.42. The third-order valence-corrected chi connectivity index (χ3v) is 6.24. The third-order valence-electron chi connectivity index (χ3n) is 5.22. The Bertz CT molecular complexity index is 1120. The van der Waals surface area contributed by atoms with Gasteiger partial charge in [0.05, 0.1) is 11.8 Å². The van der Waals surface area contributed by atoms with Gasteiger partial charge in [0.25, 0.3) is 11.8 Å². The minimum atomic E-state index is -0.907. The zero-order chi connectivity index (χ0) is 22.0. The van der Waals surface area contributed by atoms with Crippen LogP contribution in [0.4, 0.5) is 5.69 Å². The summed E-state index contributed by atoms with van der Waals surface area (Å²) in [6.07, 6.45) is 1.32. The second-order valence-electron chi connectivity index (χ2n) is 7.39. The standard InChI is InChI=1S/C23H22N2O5S/c1-14-5-6-16(12-18(14)24-21(26)19-4-3-10-29-19)23(28)30-15(2)22(27)25-9-7-20-17(13-25)8-11-31-20/h3-6,8,10-12,15H,7,9,13H2,1-2H3,(H,24,26). The number of hydrogen-bond acceptors (Lipinski definition) is 6. The zero-order valence-corrected chi connectivity index (χ0v) is 18.0. The van der Waals surface area contributed by atoms with Gasteiger partial charge in [-0.25, -0.2) is 4.79 Å². The average Bonchev–Trinajstić information content (AvgIpc) is 3.46. The van der Waals surface area contributed by atoms with Crippen LogP contribution < -0.4 is 5.32 Å². The van der Waals surface area contributed by atoms with Crippen molar-refractivity contribution in [3.63, 3.8) is 0 Å². The molecule has 1 aliphatic rings. The van der Waals surface area contributed by atoms with Crippen LogP contribution in [0.2, 0.25) is 0 Å². The summed E-state index contributed by atoms with van der Waals surface area (Å²) in [7, 11) is 0. The fraction of sp³-hybridized carbons (Fsp3) is 0.261. The summed E-state index contributed by atoms with van der Waals surface area (Å²) < 4.78 is 10.5. The van der Waals surface area contributed by atoms with Crippen molar-refractivity contribution in [3.8, 4) is 0 Å². The number of amides is 2. The van der Waals surface area contributed by atoms with Crippen molar-refractivity contribution in [1.82, 2.24) is 4.90 Å². The second kappa shape index (κ2) is 8.77. The van der Waals surface area contributed by atoms with Gasteiger partial charge in [0.15, 0.2) is 11.9 Å². The normalized spacial score (nSPS) is 13.9. The van der Waals surface area contributed by atoms with Gasteiger partial charge in [-0.3, -0.25) is 9.59 Å². The molecule has 2 aromatic heterocycles. The number of aryl methyl sites for hydroxylation is 1. The maximum Gasteiger partial charge on any atom is 0.338 e. The quantitative estimate of drug-likeness (QED) is 0.608. The summed E-state index contributed by atoms with van der Waals surface area (Å²) in [5, 5.41) is 4.76. The first-order valence-corrected chi connectivity index (χ1v) is 10.8. The average molecular weight is 439 g/mol. The highest BCUT2D eigenvalue weighted by atomic mass is 32.1. The van der Waals surface area contributed by atoms with Crippen LogP contribution in [-0.4, -0.2) is 35.3 Å². The van der Waals surface area contributed by atoms with E-state index in [0.717, 1.165) is 17.5 Å². The fourth-order valence-corrected chi connectivity index (χ4v) is 4.34. The molecule has 1 atom stereocenters. The minimum absolute atomic E-state index is 0.168. The lowest BCUT2D eigenvalue weighted by molar-refractivity contribution is -0.140. The predicted octanol–water partition coefficient (Wildman–Crippen LogP) is 4.03. The van der Waals surface area contributed by atoms with Crippen molar-refractivity contribution < 1.29 is 23.5 Å². The van der Waals surface area contributed by atoms with E-state index >= 15 is 0 Å². The van der Waals surface area contributed by atoms with Crippen LogP contribution in [0.15, 0.2) is 52.5 Å². The Morgan fingerprint density at radius 2 is 2.06 bits per heavy atom. The number of hydrogen-bond donors (Lipinski definition) is 1. The van der Waals surface area contributed by atoms with Crippen LogP contribution in [0.25, 0.3) is 0 Å². The highest BCUT2D eigenvalue weighted by Crippen LogP contribution is 2.25. The second-order valence-corrected chi connectivity index (χ2v) is 8.39. The first-order valence-electron chi connectivity index (χ1n) is 9.93. The van der Waals surface area contributed by atoms with E-state index in [9.17, 15) is 14.4 Å². The number of benzene rings is 1. The van der Waals surface area contributed by atoms with Gasteiger partial charge in [-0.2, -0.15) is 0 Å². The Hall–Kier alpha value is -3.39. The Morgan fingerprint density at radius 3 is 2.84 bits per heavy atom. The molecule has 1 aromatic carbocycles. The Kier molecular flexibility index (Phi) is 5.90. The molecule has 0 fully saturated rings. The molecule has 3 heterocycles. The molecule has 3 aromatic rings. The van der Waals surface area contributed by atoms with Crippen LogP contribution in [-0.2, 0) is 22.5 Å². The van der Waals surface area contributed by atoms with Gasteiger partial charge in [-0.1, -0.05) is 6.07 Å². The van der Waals surface area contributed by atoms with E-state index in [4.69, 9.17) is 9.15 Å². The lowest BCUT2D eigenvalue weighted by Gasteiger charge is -2.29. The minimum Gasteiger partial charge on any atom is -0.459 e. The summed E-state index contributed by atoms with van der Waals surface area (Å²) in [5.74, 6) is -1.09. The predicted molar refractivity (Wildman–Crippen MR) is 116 cm³/mol. The molecular formula is C23H22N2O5S. The highest BCUT2D eigenvalue weighted by Gasteiger charge is 2.28. The van der Waals surface area contributed by atoms with E-state index in [-0.39, 0.29) is 17.2 Å². The molecule has 0 saturated heterocycles. The number of carbonyl (C=O) groups is 3.